The molecule has 1 aromatic rings. The minimum Gasteiger partial charge on any atom is -0.399 e. The maximum Gasteiger partial charge on any atom is 0.265 e. The van der Waals surface area contributed by atoms with Crippen molar-refractivity contribution in [1.82, 2.24) is 0 Å². The van der Waals surface area contributed by atoms with E-state index in [0.29, 0.717) is 5.69 Å². The molecule has 0 saturated heterocycles. The molecule has 1 rings (SSSR count). The van der Waals surface area contributed by atoms with Gasteiger partial charge in [0.05, 0.1) is 16.4 Å². The Morgan fingerprint density at radius 1 is 1.00 bits per heavy atom. The van der Waals surface area contributed by atoms with E-state index in [9.17, 15) is 16.8 Å². The van der Waals surface area contributed by atoms with E-state index in [1.54, 1.807) is 0 Å². The Bertz CT molecular complexity index is 559. The number of nitrogens with two attached hydrogens (primary N) is 1. The van der Waals surface area contributed by atoms with Gasteiger partial charge in [0.2, 0.25) is 0 Å². The van der Waals surface area contributed by atoms with Gasteiger partial charge in [0.15, 0.2) is 9.84 Å². The van der Waals surface area contributed by atoms with Crippen LogP contribution in [-0.4, -0.2) is 32.9 Å². The molecule has 0 aliphatic heterocycles. The second kappa shape index (κ2) is 4.40. The summed E-state index contributed by atoms with van der Waals surface area (Å²) >= 11 is 0. The molecule has 0 atom stereocenters. The van der Waals surface area contributed by atoms with Crippen LogP contribution in [0.3, 0.4) is 0 Å². The molecule has 6 nitrogen and oxygen atoms in total. The molecule has 0 bridgehead atoms. The van der Waals surface area contributed by atoms with Gasteiger partial charge >= 0.3 is 0 Å². The quantitative estimate of drug-likeness (QED) is 0.581. The van der Waals surface area contributed by atoms with Gasteiger partial charge < -0.3 is 5.73 Å². The lowest BCUT2D eigenvalue weighted by Crippen LogP contribution is -2.16. The highest BCUT2D eigenvalue weighted by molar-refractivity contribution is 7.93. The average Bonchev–Trinajstić information content (AvgIpc) is 2.15. The van der Waals surface area contributed by atoms with Crippen molar-refractivity contribution in [3.63, 3.8) is 0 Å². The van der Waals surface area contributed by atoms with Gasteiger partial charge in [-0.2, -0.15) is 8.42 Å². The molecule has 16 heavy (non-hydrogen) atoms. The lowest BCUT2D eigenvalue weighted by atomic mass is 10.3. The van der Waals surface area contributed by atoms with Gasteiger partial charge in [-0.05, 0) is 24.3 Å². The molecule has 0 aromatic heterocycles. The van der Waals surface area contributed by atoms with Crippen molar-refractivity contribution in [2.75, 3.05) is 17.2 Å². The van der Waals surface area contributed by atoms with Crippen LogP contribution >= 0.6 is 0 Å². The van der Waals surface area contributed by atoms with Crippen LogP contribution in [0.15, 0.2) is 29.2 Å². The van der Waals surface area contributed by atoms with Crippen LogP contribution in [0.2, 0.25) is 0 Å². The predicted octanol–water partition coefficient (Wildman–Crippen LogP) is -0.0697. The van der Waals surface area contributed by atoms with Crippen LogP contribution in [0.1, 0.15) is 0 Å². The maximum atomic E-state index is 11.6. The number of anilines is 1. The van der Waals surface area contributed by atoms with Crippen LogP contribution in [0.25, 0.3) is 0 Å². The minimum atomic E-state index is -4.28. The highest BCUT2D eigenvalue weighted by Gasteiger charge is 2.17. The van der Waals surface area contributed by atoms with Gasteiger partial charge in [0, 0.05) is 5.69 Å². The number of sulfone groups is 1. The van der Waals surface area contributed by atoms with Crippen LogP contribution in [0, 0.1) is 0 Å². The summed E-state index contributed by atoms with van der Waals surface area (Å²) in [6, 6.07) is 5.38. The second-order valence-electron chi connectivity index (χ2n) is 3.17. The third-order valence-electron chi connectivity index (χ3n) is 1.85. The summed E-state index contributed by atoms with van der Waals surface area (Å²) < 4.78 is 52.5. The molecule has 0 saturated carbocycles. The Kier molecular flexibility index (Phi) is 3.56. The van der Waals surface area contributed by atoms with Crippen molar-refractivity contribution in [3.05, 3.63) is 24.3 Å². The largest absolute Gasteiger partial charge is 0.399 e. The average molecular weight is 265 g/mol. The summed E-state index contributed by atoms with van der Waals surface area (Å²) in [4.78, 5) is -0.0228. The molecule has 0 aliphatic carbocycles. The summed E-state index contributed by atoms with van der Waals surface area (Å²) in [5.74, 6) is -1.48. The summed E-state index contributed by atoms with van der Waals surface area (Å²) in [5.41, 5.74) is 5.79. The fraction of sp³-hybridized carbons (Fsp3) is 0.250. The summed E-state index contributed by atoms with van der Waals surface area (Å²) in [5, 5.41) is 0. The summed E-state index contributed by atoms with van der Waals surface area (Å²) in [6.45, 7) is 0. The maximum absolute atomic E-state index is 11.6. The van der Waals surface area contributed by atoms with Crippen LogP contribution < -0.4 is 5.73 Å². The molecule has 0 fully saturated rings. The highest BCUT2D eigenvalue weighted by Crippen LogP contribution is 2.13. The van der Waals surface area contributed by atoms with Gasteiger partial charge in [-0.15, -0.1) is 0 Å². The second-order valence-corrected chi connectivity index (χ2v) is 6.86. The Morgan fingerprint density at radius 3 is 1.94 bits per heavy atom. The number of nitrogen functional groups attached to an aromatic ring is 1. The Morgan fingerprint density at radius 2 is 1.50 bits per heavy atom. The minimum absolute atomic E-state index is 0.0228. The fourth-order valence-electron chi connectivity index (χ4n) is 1.01. The summed E-state index contributed by atoms with van der Waals surface area (Å²) in [6.07, 6.45) is 0. The molecule has 0 heterocycles. The highest BCUT2D eigenvalue weighted by atomic mass is 32.2. The molecule has 1 aromatic carbocycles. The first-order valence-corrected chi connectivity index (χ1v) is 7.50. The first kappa shape index (κ1) is 12.9. The third kappa shape index (κ3) is 3.80. The van der Waals surface area contributed by atoms with Gasteiger partial charge in [-0.1, -0.05) is 0 Å². The van der Waals surface area contributed by atoms with E-state index in [0.717, 1.165) is 0 Å². The van der Waals surface area contributed by atoms with Crippen molar-refractivity contribution in [1.29, 1.82) is 0 Å². The molecule has 90 valence electrons. The SMILES string of the molecule is Nc1ccc(S(=O)(=O)CCS(=O)(=O)O)cc1. The van der Waals surface area contributed by atoms with Crippen molar-refractivity contribution < 1.29 is 21.4 Å². The Hall–Kier alpha value is -1.12. The first-order valence-electron chi connectivity index (χ1n) is 4.24. The van der Waals surface area contributed by atoms with E-state index in [1.165, 1.54) is 24.3 Å². The molecule has 8 heteroatoms. The molecule has 0 unspecified atom stereocenters. The topological polar surface area (TPSA) is 115 Å². The van der Waals surface area contributed by atoms with Crippen molar-refractivity contribution in [2.24, 2.45) is 0 Å². The van der Waals surface area contributed by atoms with Gasteiger partial charge in [0.1, 0.15) is 0 Å². The standard InChI is InChI=1S/C8H11NO5S2/c9-7-1-3-8(4-2-7)15(10,11)5-6-16(12,13)14/h1-4H,5-6,9H2,(H,12,13,14). The number of hydrogen-bond donors (Lipinski definition) is 2. The lowest BCUT2D eigenvalue weighted by Gasteiger charge is -2.03. The zero-order valence-electron chi connectivity index (χ0n) is 8.20. The van der Waals surface area contributed by atoms with Crippen LogP contribution in [0.4, 0.5) is 5.69 Å². The smallest absolute Gasteiger partial charge is 0.265 e. The van der Waals surface area contributed by atoms with E-state index >= 15 is 0 Å². The van der Waals surface area contributed by atoms with E-state index < -0.39 is 31.5 Å². The van der Waals surface area contributed by atoms with Gasteiger partial charge in [-0.25, -0.2) is 8.42 Å². The van der Waals surface area contributed by atoms with E-state index in [2.05, 4.69) is 0 Å². The molecular weight excluding hydrogens is 254 g/mol. The fourth-order valence-corrected chi connectivity index (χ4v) is 3.51. The lowest BCUT2D eigenvalue weighted by molar-refractivity contribution is 0.484. The van der Waals surface area contributed by atoms with Crippen molar-refractivity contribution >= 4 is 25.6 Å². The third-order valence-corrected chi connectivity index (χ3v) is 4.56. The summed E-state index contributed by atoms with van der Waals surface area (Å²) in [7, 11) is -7.98. The molecule has 0 radical (unpaired) electrons. The van der Waals surface area contributed by atoms with E-state index in [1.807, 2.05) is 0 Å². The monoisotopic (exact) mass is 265 g/mol. The number of benzene rings is 1. The van der Waals surface area contributed by atoms with Crippen molar-refractivity contribution in [3.8, 4) is 0 Å². The van der Waals surface area contributed by atoms with Crippen LogP contribution in [0.5, 0.6) is 0 Å². The van der Waals surface area contributed by atoms with Gasteiger partial charge in [-0.3, -0.25) is 4.55 Å². The molecule has 0 amide bonds. The predicted molar refractivity (Wildman–Crippen MR) is 59.3 cm³/mol. The first-order chi connectivity index (χ1) is 7.21. The molecule has 0 spiro atoms. The normalized spacial score (nSPS) is 12.6. The van der Waals surface area contributed by atoms with E-state index in [-0.39, 0.29) is 4.90 Å². The molecular formula is C8H11NO5S2. The molecule has 0 aliphatic rings. The van der Waals surface area contributed by atoms with Crippen molar-refractivity contribution in [2.45, 2.75) is 4.90 Å². The van der Waals surface area contributed by atoms with Crippen LogP contribution in [-0.2, 0) is 20.0 Å². The number of rotatable bonds is 4. The van der Waals surface area contributed by atoms with E-state index in [4.69, 9.17) is 10.3 Å². The zero-order valence-corrected chi connectivity index (χ0v) is 9.83. The molecule has 3 N–H and O–H groups in total. The van der Waals surface area contributed by atoms with Gasteiger partial charge in [0.25, 0.3) is 10.1 Å². The zero-order chi connectivity index (χ0) is 12.4. The Labute approximate surface area is 93.8 Å². The number of hydrogen-bond acceptors (Lipinski definition) is 5. The Balaban J connectivity index is 2.91.